The molecule has 1 aliphatic rings. The molecule has 1 atom stereocenters. The maximum absolute atomic E-state index is 14.0. The highest BCUT2D eigenvalue weighted by atomic mass is 35.5. The second kappa shape index (κ2) is 12.1. The first-order valence-corrected chi connectivity index (χ1v) is 11.7. The monoisotopic (exact) mass is 532 g/mol. The molecule has 0 saturated carbocycles. The number of rotatable bonds is 7. The normalized spacial score (nSPS) is 14.5. The zero-order valence-electron chi connectivity index (χ0n) is 19.9. The highest BCUT2D eigenvalue weighted by molar-refractivity contribution is 5.99. The van der Waals surface area contributed by atoms with E-state index in [4.69, 9.17) is 5.73 Å². The van der Waals surface area contributed by atoms with Crippen LogP contribution in [0.1, 0.15) is 42.0 Å². The van der Waals surface area contributed by atoms with Gasteiger partial charge in [0.25, 0.3) is 5.91 Å². The minimum absolute atomic E-state index is 0. The average Bonchev–Trinajstić information content (AvgIpc) is 2.88. The Kier molecular flexibility index (Phi) is 9.18. The number of hydrogen-bond donors (Lipinski definition) is 3. The van der Waals surface area contributed by atoms with Crippen LogP contribution in [0.2, 0.25) is 0 Å². The summed E-state index contributed by atoms with van der Waals surface area (Å²) < 4.78 is 41.9. The van der Waals surface area contributed by atoms with Crippen LogP contribution in [-0.4, -0.2) is 18.4 Å². The Hall–Kier alpha value is -3.56. The van der Waals surface area contributed by atoms with Gasteiger partial charge in [-0.15, -0.1) is 12.4 Å². The smallest absolute Gasteiger partial charge is 0.370 e. The Morgan fingerprint density at radius 2 is 1.73 bits per heavy atom. The number of benzene rings is 3. The van der Waals surface area contributed by atoms with E-state index in [0.29, 0.717) is 30.6 Å². The number of halogens is 4. The Bertz CT molecular complexity index is 1240. The number of amides is 2. The van der Waals surface area contributed by atoms with E-state index in [9.17, 15) is 22.8 Å². The molecule has 1 saturated heterocycles. The van der Waals surface area contributed by atoms with Crippen LogP contribution in [-0.2, 0) is 22.3 Å². The third kappa shape index (κ3) is 6.81. The topological polar surface area (TPSA) is 87.5 Å². The average molecular weight is 533 g/mol. The van der Waals surface area contributed by atoms with E-state index in [-0.39, 0.29) is 42.7 Å². The first-order valence-electron chi connectivity index (χ1n) is 11.7. The lowest BCUT2D eigenvalue weighted by atomic mass is 10.0. The molecule has 196 valence electrons. The summed E-state index contributed by atoms with van der Waals surface area (Å²) >= 11 is 0. The van der Waals surface area contributed by atoms with E-state index < -0.39 is 23.7 Å². The number of carbonyl (C=O) groups is 2. The molecule has 0 aliphatic carbocycles. The lowest BCUT2D eigenvalue weighted by molar-refractivity contribution is -0.137. The summed E-state index contributed by atoms with van der Waals surface area (Å²) in [5.74, 6) is -0.870. The highest BCUT2D eigenvalue weighted by Crippen LogP contribution is 2.39. The van der Waals surface area contributed by atoms with E-state index in [1.165, 1.54) is 17.0 Å². The Morgan fingerprint density at radius 3 is 2.41 bits per heavy atom. The molecule has 1 heterocycles. The molecular weight excluding hydrogens is 505 g/mol. The third-order valence-corrected chi connectivity index (χ3v) is 6.05. The van der Waals surface area contributed by atoms with Crippen molar-refractivity contribution >= 4 is 41.3 Å². The van der Waals surface area contributed by atoms with Gasteiger partial charge in [-0.3, -0.25) is 9.59 Å². The van der Waals surface area contributed by atoms with Gasteiger partial charge < -0.3 is 21.3 Å². The Labute approximate surface area is 219 Å². The number of anilines is 3. The highest BCUT2D eigenvalue weighted by Gasteiger charge is 2.37. The van der Waals surface area contributed by atoms with Crippen LogP contribution in [0.4, 0.5) is 30.2 Å². The SMILES string of the molecule is Cl.NCc1cccc(NC(C(=O)Nc2ccc(N3CCCCC3=O)c(C(F)(F)F)c2)c2ccccc2)c1. The van der Waals surface area contributed by atoms with Gasteiger partial charge in [0, 0.05) is 30.9 Å². The van der Waals surface area contributed by atoms with Gasteiger partial charge in [-0.2, -0.15) is 13.2 Å². The summed E-state index contributed by atoms with van der Waals surface area (Å²) in [5, 5.41) is 5.77. The van der Waals surface area contributed by atoms with Crippen molar-refractivity contribution in [2.75, 3.05) is 22.1 Å². The fraction of sp³-hybridized carbons (Fsp3) is 0.259. The predicted molar refractivity (Wildman–Crippen MR) is 141 cm³/mol. The molecule has 2 amide bonds. The molecule has 0 radical (unpaired) electrons. The molecule has 1 aliphatic heterocycles. The summed E-state index contributed by atoms with van der Waals surface area (Å²) in [5.41, 5.74) is 6.71. The molecule has 6 nitrogen and oxygen atoms in total. The standard InChI is InChI=1S/C27H27F3N4O2.ClH/c28-27(29,30)22-16-21(12-13-23(22)34-14-5-4-11-24(34)35)33-26(36)25(19-8-2-1-3-9-19)32-20-10-6-7-18(15-20)17-31;/h1-3,6-10,12-13,15-16,25,32H,4-5,11,14,17,31H2,(H,33,36);1H. The minimum atomic E-state index is -4.70. The number of alkyl halides is 3. The number of nitrogens with two attached hydrogens (primary N) is 1. The van der Waals surface area contributed by atoms with E-state index in [0.717, 1.165) is 11.6 Å². The lowest BCUT2D eigenvalue weighted by Gasteiger charge is -2.29. The van der Waals surface area contributed by atoms with Gasteiger partial charge in [0.2, 0.25) is 5.91 Å². The van der Waals surface area contributed by atoms with Crippen molar-refractivity contribution in [3.05, 3.63) is 89.5 Å². The fourth-order valence-corrected chi connectivity index (χ4v) is 4.25. The molecule has 37 heavy (non-hydrogen) atoms. The van der Waals surface area contributed by atoms with E-state index in [1.807, 2.05) is 18.2 Å². The zero-order valence-corrected chi connectivity index (χ0v) is 20.7. The van der Waals surface area contributed by atoms with Crippen LogP contribution in [0.3, 0.4) is 0 Å². The summed E-state index contributed by atoms with van der Waals surface area (Å²) in [7, 11) is 0. The molecule has 0 spiro atoms. The summed E-state index contributed by atoms with van der Waals surface area (Å²) in [6.07, 6.45) is -3.19. The summed E-state index contributed by atoms with van der Waals surface area (Å²) in [6, 6.07) is 18.8. The fourth-order valence-electron chi connectivity index (χ4n) is 4.25. The molecule has 4 N–H and O–H groups in total. The van der Waals surface area contributed by atoms with Gasteiger partial charge in [0.05, 0.1) is 11.3 Å². The molecule has 0 bridgehead atoms. The number of hydrogen-bond acceptors (Lipinski definition) is 4. The molecule has 0 aromatic heterocycles. The number of piperidine rings is 1. The number of nitrogens with one attached hydrogen (secondary N) is 2. The van der Waals surface area contributed by atoms with Crippen molar-refractivity contribution in [3.8, 4) is 0 Å². The van der Waals surface area contributed by atoms with Crippen LogP contribution in [0.25, 0.3) is 0 Å². The van der Waals surface area contributed by atoms with E-state index in [1.54, 1.807) is 36.4 Å². The van der Waals surface area contributed by atoms with Gasteiger partial charge in [-0.25, -0.2) is 0 Å². The second-order valence-corrected chi connectivity index (χ2v) is 8.61. The van der Waals surface area contributed by atoms with Crippen molar-refractivity contribution in [1.82, 2.24) is 0 Å². The van der Waals surface area contributed by atoms with Crippen LogP contribution in [0.15, 0.2) is 72.8 Å². The maximum atomic E-state index is 14.0. The third-order valence-electron chi connectivity index (χ3n) is 6.05. The van der Waals surface area contributed by atoms with Crippen LogP contribution < -0.4 is 21.3 Å². The maximum Gasteiger partial charge on any atom is 0.418 e. The largest absolute Gasteiger partial charge is 0.418 e. The van der Waals surface area contributed by atoms with Crippen molar-refractivity contribution in [3.63, 3.8) is 0 Å². The van der Waals surface area contributed by atoms with Crippen LogP contribution >= 0.6 is 12.4 Å². The summed E-state index contributed by atoms with van der Waals surface area (Å²) in [4.78, 5) is 26.8. The van der Waals surface area contributed by atoms with E-state index in [2.05, 4.69) is 10.6 Å². The Balaban J connectivity index is 0.00000380. The minimum Gasteiger partial charge on any atom is -0.370 e. The first-order chi connectivity index (χ1) is 17.3. The van der Waals surface area contributed by atoms with Crippen LogP contribution in [0.5, 0.6) is 0 Å². The lowest BCUT2D eigenvalue weighted by Crippen LogP contribution is -2.36. The molecule has 1 unspecified atom stereocenters. The molecule has 4 rings (SSSR count). The zero-order chi connectivity index (χ0) is 25.7. The molecule has 3 aromatic rings. The van der Waals surface area contributed by atoms with Gasteiger partial charge in [0.1, 0.15) is 6.04 Å². The van der Waals surface area contributed by atoms with E-state index >= 15 is 0 Å². The quantitative estimate of drug-likeness (QED) is 0.354. The molecular formula is C27H28ClF3N4O2. The number of carbonyl (C=O) groups excluding carboxylic acids is 2. The van der Waals surface area contributed by atoms with Gasteiger partial charge in [-0.1, -0.05) is 42.5 Å². The van der Waals surface area contributed by atoms with Crippen molar-refractivity contribution in [1.29, 1.82) is 0 Å². The van der Waals surface area contributed by atoms with Crippen LogP contribution in [0, 0.1) is 0 Å². The number of nitrogens with zero attached hydrogens (tertiary/aromatic N) is 1. The van der Waals surface area contributed by atoms with Crippen molar-refractivity contribution < 1.29 is 22.8 Å². The molecule has 1 fully saturated rings. The van der Waals surface area contributed by atoms with Crippen molar-refractivity contribution in [2.24, 2.45) is 5.73 Å². The second-order valence-electron chi connectivity index (χ2n) is 8.61. The van der Waals surface area contributed by atoms with Gasteiger partial charge in [0.15, 0.2) is 0 Å². The van der Waals surface area contributed by atoms with Gasteiger partial charge in [-0.05, 0) is 54.3 Å². The molecule has 10 heteroatoms. The van der Waals surface area contributed by atoms with Gasteiger partial charge >= 0.3 is 6.18 Å². The van der Waals surface area contributed by atoms with Crippen molar-refractivity contribution in [2.45, 2.75) is 38.0 Å². The predicted octanol–water partition coefficient (Wildman–Crippen LogP) is 5.89. The first kappa shape index (κ1) is 28.0. The Morgan fingerprint density at radius 1 is 0.973 bits per heavy atom. The summed E-state index contributed by atoms with van der Waals surface area (Å²) in [6.45, 7) is 0.555. The molecule has 3 aromatic carbocycles.